The van der Waals surface area contributed by atoms with Gasteiger partial charge in [0.1, 0.15) is 0 Å². The molecule has 0 spiro atoms. The highest BCUT2D eigenvalue weighted by Crippen LogP contribution is 2.27. The van der Waals surface area contributed by atoms with E-state index in [1.54, 1.807) is 11.3 Å². The van der Waals surface area contributed by atoms with Crippen molar-refractivity contribution in [3.05, 3.63) is 39.7 Å². The number of nitrogens with zero attached hydrogens (tertiary/aromatic N) is 1. The van der Waals surface area contributed by atoms with Crippen molar-refractivity contribution in [3.8, 4) is 11.3 Å². The normalized spacial score (nSPS) is 10.4. The van der Waals surface area contributed by atoms with Crippen LogP contribution in [0, 0.1) is 0 Å². The second-order valence-corrected chi connectivity index (χ2v) is 4.48. The number of thiol groups is 1. The van der Waals surface area contributed by atoms with E-state index in [4.69, 9.17) is 11.6 Å². The van der Waals surface area contributed by atoms with Crippen LogP contribution in [0.15, 0.2) is 29.8 Å². The smallest absolute Gasteiger partial charge is 0.0851 e. The monoisotopic (exact) mass is 241 g/mol. The highest BCUT2D eigenvalue weighted by Gasteiger charge is 2.06. The number of thiazole rings is 1. The van der Waals surface area contributed by atoms with Crippen LogP contribution >= 0.6 is 35.6 Å². The van der Waals surface area contributed by atoms with Crippen molar-refractivity contribution < 1.29 is 0 Å². The maximum atomic E-state index is 5.81. The van der Waals surface area contributed by atoms with E-state index < -0.39 is 0 Å². The highest BCUT2D eigenvalue weighted by molar-refractivity contribution is 7.79. The summed E-state index contributed by atoms with van der Waals surface area (Å²) in [4.78, 5) is 5.50. The van der Waals surface area contributed by atoms with Crippen molar-refractivity contribution in [1.29, 1.82) is 0 Å². The molecule has 0 aliphatic heterocycles. The molecular weight excluding hydrogens is 234 g/mol. The summed E-state index contributed by atoms with van der Waals surface area (Å²) in [5, 5.41) is 0.747. The van der Waals surface area contributed by atoms with Gasteiger partial charge in [-0.05, 0) is 12.1 Å². The molecule has 0 saturated carbocycles. The third-order valence-corrected chi connectivity index (χ3v) is 3.52. The van der Waals surface area contributed by atoms with Crippen molar-refractivity contribution in [2.75, 3.05) is 0 Å². The van der Waals surface area contributed by atoms with Crippen molar-refractivity contribution >= 4 is 35.6 Å². The minimum Gasteiger partial charge on any atom is -0.244 e. The molecule has 1 heterocycles. The maximum absolute atomic E-state index is 5.81. The molecule has 0 unspecified atom stereocenters. The molecule has 0 aliphatic rings. The van der Waals surface area contributed by atoms with Gasteiger partial charge in [0, 0.05) is 21.2 Å². The zero-order valence-electron chi connectivity index (χ0n) is 7.27. The van der Waals surface area contributed by atoms with Crippen molar-refractivity contribution in [3.63, 3.8) is 0 Å². The lowest BCUT2D eigenvalue weighted by Gasteiger charge is -1.99. The second kappa shape index (κ2) is 4.34. The summed E-state index contributed by atoms with van der Waals surface area (Å²) in [6, 6.07) is 7.70. The molecule has 1 aromatic carbocycles. The largest absolute Gasteiger partial charge is 0.244 e. The molecule has 2 rings (SSSR count). The minimum atomic E-state index is 0.725. The zero-order valence-corrected chi connectivity index (χ0v) is 9.74. The molecule has 0 saturated heterocycles. The predicted molar refractivity (Wildman–Crippen MR) is 65.3 cm³/mol. The summed E-state index contributed by atoms with van der Waals surface area (Å²) in [5.74, 6) is 0.725. The highest BCUT2D eigenvalue weighted by atomic mass is 35.5. The van der Waals surface area contributed by atoms with Crippen LogP contribution in [0.4, 0.5) is 0 Å². The van der Waals surface area contributed by atoms with Crippen molar-refractivity contribution in [2.45, 2.75) is 5.75 Å². The van der Waals surface area contributed by atoms with Gasteiger partial charge in [-0.25, -0.2) is 4.98 Å². The lowest BCUT2D eigenvalue weighted by Crippen LogP contribution is -1.81. The summed E-state index contributed by atoms with van der Waals surface area (Å²) in [5.41, 5.74) is 3.96. The Labute approximate surface area is 97.2 Å². The average Bonchev–Trinajstić information content (AvgIpc) is 2.67. The molecule has 0 N–H and O–H groups in total. The van der Waals surface area contributed by atoms with Gasteiger partial charge in [0.2, 0.25) is 0 Å². The van der Waals surface area contributed by atoms with Crippen LogP contribution in [0.2, 0.25) is 5.02 Å². The number of rotatable bonds is 2. The fourth-order valence-electron chi connectivity index (χ4n) is 1.23. The van der Waals surface area contributed by atoms with Crippen LogP contribution in [0.3, 0.4) is 0 Å². The van der Waals surface area contributed by atoms with Gasteiger partial charge in [0.15, 0.2) is 0 Å². The third-order valence-electron chi connectivity index (χ3n) is 1.90. The summed E-state index contributed by atoms with van der Waals surface area (Å²) in [6.45, 7) is 0. The summed E-state index contributed by atoms with van der Waals surface area (Å²) in [6.07, 6.45) is 0. The Morgan fingerprint density at radius 2 is 2.00 bits per heavy atom. The van der Waals surface area contributed by atoms with E-state index in [-0.39, 0.29) is 0 Å². The fourth-order valence-corrected chi connectivity index (χ4v) is 2.37. The van der Waals surface area contributed by atoms with Gasteiger partial charge in [0.25, 0.3) is 0 Å². The van der Waals surface area contributed by atoms with Crippen LogP contribution < -0.4 is 0 Å². The number of benzene rings is 1. The summed E-state index contributed by atoms with van der Waals surface area (Å²) < 4.78 is 0. The van der Waals surface area contributed by atoms with Gasteiger partial charge in [-0.3, -0.25) is 0 Å². The number of halogens is 1. The molecular formula is C10H8ClNS2. The van der Waals surface area contributed by atoms with Gasteiger partial charge in [-0.15, -0.1) is 11.3 Å². The first kappa shape index (κ1) is 10.0. The van der Waals surface area contributed by atoms with E-state index >= 15 is 0 Å². The molecule has 2 aromatic rings. The topological polar surface area (TPSA) is 12.9 Å². The van der Waals surface area contributed by atoms with Crippen molar-refractivity contribution in [2.24, 2.45) is 0 Å². The fraction of sp³-hybridized carbons (Fsp3) is 0.100. The first-order chi connectivity index (χ1) is 6.81. The average molecular weight is 242 g/mol. The Morgan fingerprint density at radius 1 is 1.29 bits per heavy atom. The number of hydrogen-bond donors (Lipinski definition) is 1. The van der Waals surface area contributed by atoms with Crippen LogP contribution in [-0.2, 0) is 5.75 Å². The Kier molecular flexibility index (Phi) is 3.11. The molecule has 1 aromatic heterocycles. The Hall–Kier alpha value is -0.510. The molecule has 4 heteroatoms. The van der Waals surface area contributed by atoms with E-state index in [0.717, 1.165) is 22.0 Å². The van der Waals surface area contributed by atoms with Crippen LogP contribution in [-0.4, -0.2) is 4.98 Å². The van der Waals surface area contributed by atoms with Crippen LogP contribution in [0.1, 0.15) is 4.88 Å². The standard InChI is InChI=1S/C10H8ClNS2/c11-8-3-1-7(2-4-8)10-9(5-13)14-6-12-10/h1-4,6,13H,5H2. The molecule has 0 fully saturated rings. The van der Waals surface area contributed by atoms with E-state index in [0.29, 0.717) is 0 Å². The van der Waals surface area contributed by atoms with Crippen LogP contribution in [0.25, 0.3) is 11.3 Å². The molecule has 0 atom stereocenters. The van der Waals surface area contributed by atoms with Gasteiger partial charge in [-0.2, -0.15) is 12.6 Å². The SMILES string of the molecule is SCc1scnc1-c1ccc(Cl)cc1. The van der Waals surface area contributed by atoms with Crippen molar-refractivity contribution in [1.82, 2.24) is 4.98 Å². The lowest BCUT2D eigenvalue weighted by molar-refractivity contribution is 1.36. The third kappa shape index (κ3) is 1.95. The van der Waals surface area contributed by atoms with Gasteiger partial charge in [0.05, 0.1) is 11.2 Å². The van der Waals surface area contributed by atoms with Gasteiger partial charge < -0.3 is 0 Å². The lowest BCUT2D eigenvalue weighted by atomic mass is 10.1. The predicted octanol–water partition coefficient (Wildman–Crippen LogP) is 3.89. The summed E-state index contributed by atoms with van der Waals surface area (Å²) in [7, 11) is 0. The Morgan fingerprint density at radius 3 is 2.64 bits per heavy atom. The van der Waals surface area contributed by atoms with Crippen LogP contribution in [0.5, 0.6) is 0 Å². The van der Waals surface area contributed by atoms with E-state index in [1.807, 2.05) is 29.8 Å². The first-order valence-electron chi connectivity index (χ1n) is 4.10. The molecule has 0 radical (unpaired) electrons. The van der Waals surface area contributed by atoms with E-state index in [1.165, 1.54) is 4.88 Å². The molecule has 0 bridgehead atoms. The summed E-state index contributed by atoms with van der Waals surface area (Å²) >= 11 is 11.7. The first-order valence-corrected chi connectivity index (χ1v) is 5.99. The Bertz CT molecular complexity index is 422. The number of hydrogen-bond acceptors (Lipinski definition) is 3. The second-order valence-electron chi connectivity index (χ2n) is 2.79. The Balaban J connectivity index is 2.44. The number of aromatic nitrogens is 1. The maximum Gasteiger partial charge on any atom is 0.0851 e. The quantitative estimate of drug-likeness (QED) is 0.787. The molecule has 1 nitrogen and oxygen atoms in total. The molecule has 0 amide bonds. The minimum absolute atomic E-state index is 0.725. The van der Waals surface area contributed by atoms with E-state index in [9.17, 15) is 0 Å². The van der Waals surface area contributed by atoms with E-state index in [2.05, 4.69) is 17.6 Å². The molecule has 14 heavy (non-hydrogen) atoms. The van der Waals surface area contributed by atoms with Gasteiger partial charge in [-0.1, -0.05) is 23.7 Å². The molecule has 72 valence electrons. The zero-order chi connectivity index (χ0) is 9.97. The van der Waals surface area contributed by atoms with Gasteiger partial charge >= 0.3 is 0 Å². The molecule has 0 aliphatic carbocycles.